The smallest absolute Gasteiger partial charge is 0.193 e. The van der Waals surface area contributed by atoms with E-state index >= 15 is 0 Å². The lowest BCUT2D eigenvalue weighted by Gasteiger charge is -2.14. The van der Waals surface area contributed by atoms with Crippen molar-refractivity contribution < 1.29 is 4.79 Å². The summed E-state index contributed by atoms with van der Waals surface area (Å²) in [6.45, 7) is 6.72. The van der Waals surface area contributed by atoms with Gasteiger partial charge in [-0.15, -0.1) is 0 Å². The number of carbonyl (C=O) groups excluding carboxylic acids is 1. The molecule has 2 aromatic carbocycles. The van der Waals surface area contributed by atoms with Gasteiger partial charge in [0.15, 0.2) is 5.78 Å². The maximum Gasteiger partial charge on any atom is 0.193 e. The summed E-state index contributed by atoms with van der Waals surface area (Å²) in [6, 6.07) is 17.5. The fourth-order valence-electron chi connectivity index (χ4n) is 2.56. The highest BCUT2D eigenvalue weighted by molar-refractivity contribution is 6.08. The van der Waals surface area contributed by atoms with E-state index in [4.69, 9.17) is 0 Å². The molecule has 2 rings (SSSR count). The van der Waals surface area contributed by atoms with Crippen LogP contribution in [0.25, 0.3) is 0 Å². The predicted molar refractivity (Wildman–Crippen MR) is 84.2 cm³/mol. The molecule has 0 saturated carbocycles. The molecule has 0 aliphatic heterocycles. The van der Waals surface area contributed by atoms with Crippen LogP contribution in [0.4, 0.5) is 0 Å². The number of rotatable bonds is 5. The molecule has 1 heteroatoms. The average Bonchev–Trinajstić information content (AvgIpc) is 2.47. The van der Waals surface area contributed by atoms with Gasteiger partial charge in [-0.1, -0.05) is 75.4 Å². The monoisotopic (exact) mass is 266 g/mol. The highest BCUT2D eigenvalue weighted by Gasteiger charge is 2.11. The van der Waals surface area contributed by atoms with Gasteiger partial charge in [-0.05, 0) is 23.8 Å². The third-order valence-corrected chi connectivity index (χ3v) is 3.60. The average molecular weight is 266 g/mol. The van der Waals surface area contributed by atoms with Crippen molar-refractivity contribution in [1.82, 2.24) is 0 Å². The molecular weight excluding hydrogens is 244 g/mol. The first kappa shape index (κ1) is 14.5. The van der Waals surface area contributed by atoms with Gasteiger partial charge >= 0.3 is 0 Å². The van der Waals surface area contributed by atoms with Crippen LogP contribution in [0.1, 0.15) is 54.6 Å². The van der Waals surface area contributed by atoms with Gasteiger partial charge in [-0.2, -0.15) is 0 Å². The maximum absolute atomic E-state index is 12.3. The van der Waals surface area contributed by atoms with Crippen LogP contribution in [0.15, 0.2) is 54.6 Å². The topological polar surface area (TPSA) is 17.1 Å². The molecule has 1 atom stereocenters. The Morgan fingerprint density at radius 1 is 0.850 bits per heavy atom. The molecule has 0 aliphatic rings. The normalized spacial score (nSPS) is 12.4. The van der Waals surface area contributed by atoms with Crippen LogP contribution >= 0.6 is 0 Å². The second-order valence-corrected chi connectivity index (χ2v) is 5.85. The molecule has 0 radical (unpaired) electrons. The Hall–Kier alpha value is -1.89. The van der Waals surface area contributed by atoms with Gasteiger partial charge < -0.3 is 0 Å². The van der Waals surface area contributed by atoms with Crippen molar-refractivity contribution >= 4 is 5.78 Å². The van der Waals surface area contributed by atoms with Crippen molar-refractivity contribution in [3.8, 4) is 0 Å². The zero-order chi connectivity index (χ0) is 14.5. The Kier molecular flexibility index (Phi) is 4.73. The molecule has 1 nitrogen and oxygen atoms in total. The predicted octanol–water partition coefficient (Wildman–Crippen LogP) is 5.07. The number of ketones is 1. The molecule has 0 amide bonds. The summed E-state index contributed by atoms with van der Waals surface area (Å²) in [6.07, 6.45) is 1.17. The van der Waals surface area contributed by atoms with E-state index in [1.54, 1.807) is 0 Å². The van der Waals surface area contributed by atoms with Gasteiger partial charge in [0.05, 0.1) is 0 Å². The third kappa shape index (κ3) is 3.57. The lowest BCUT2D eigenvalue weighted by Crippen LogP contribution is -2.03. The van der Waals surface area contributed by atoms with Crippen molar-refractivity contribution in [2.75, 3.05) is 0 Å². The van der Waals surface area contributed by atoms with Crippen LogP contribution in [-0.4, -0.2) is 5.78 Å². The number of carbonyl (C=O) groups is 1. The summed E-state index contributed by atoms with van der Waals surface area (Å²) in [7, 11) is 0. The molecule has 0 aliphatic carbocycles. The molecule has 0 fully saturated rings. The lowest BCUT2D eigenvalue weighted by atomic mass is 9.91. The summed E-state index contributed by atoms with van der Waals surface area (Å²) in [5, 5.41) is 0. The minimum absolute atomic E-state index is 0.0914. The molecule has 1 unspecified atom stereocenters. The second-order valence-electron chi connectivity index (χ2n) is 5.85. The Morgan fingerprint density at radius 3 is 1.95 bits per heavy atom. The van der Waals surface area contributed by atoms with Crippen LogP contribution < -0.4 is 0 Å². The third-order valence-electron chi connectivity index (χ3n) is 3.60. The van der Waals surface area contributed by atoms with Gasteiger partial charge in [0, 0.05) is 11.1 Å². The summed E-state index contributed by atoms with van der Waals surface area (Å²) < 4.78 is 0. The Labute approximate surface area is 121 Å². The fourth-order valence-corrected chi connectivity index (χ4v) is 2.56. The summed E-state index contributed by atoms with van der Waals surface area (Å²) in [4.78, 5) is 12.3. The van der Waals surface area contributed by atoms with Gasteiger partial charge in [0.25, 0.3) is 0 Å². The molecule has 0 saturated heterocycles. The zero-order valence-electron chi connectivity index (χ0n) is 12.5. The molecule has 0 spiro atoms. The molecule has 20 heavy (non-hydrogen) atoms. The summed E-state index contributed by atoms with van der Waals surface area (Å²) in [5.74, 6) is 1.32. The first-order chi connectivity index (χ1) is 9.58. The van der Waals surface area contributed by atoms with E-state index in [0.29, 0.717) is 11.8 Å². The first-order valence-corrected chi connectivity index (χ1v) is 7.27. The fraction of sp³-hybridized carbons (Fsp3) is 0.316. The van der Waals surface area contributed by atoms with Gasteiger partial charge in [0.1, 0.15) is 0 Å². The molecular formula is C19H22O. The molecule has 0 N–H and O–H groups in total. The van der Waals surface area contributed by atoms with Crippen molar-refractivity contribution in [3.05, 3.63) is 71.3 Å². The van der Waals surface area contributed by atoms with Crippen molar-refractivity contribution in [2.45, 2.75) is 33.1 Å². The van der Waals surface area contributed by atoms with Crippen LogP contribution in [0.2, 0.25) is 0 Å². The van der Waals surface area contributed by atoms with Crippen LogP contribution in [-0.2, 0) is 0 Å². The van der Waals surface area contributed by atoms with E-state index in [1.165, 1.54) is 12.0 Å². The van der Waals surface area contributed by atoms with Crippen LogP contribution in [0.3, 0.4) is 0 Å². The SMILES string of the molecule is CC(C)CC(C)c1ccc(C(=O)c2ccccc2)cc1. The highest BCUT2D eigenvalue weighted by Crippen LogP contribution is 2.23. The van der Waals surface area contributed by atoms with E-state index in [0.717, 1.165) is 11.1 Å². The number of benzene rings is 2. The van der Waals surface area contributed by atoms with Crippen molar-refractivity contribution in [1.29, 1.82) is 0 Å². The van der Waals surface area contributed by atoms with E-state index < -0.39 is 0 Å². The first-order valence-electron chi connectivity index (χ1n) is 7.27. The van der Waals surface area contributed by atoms with Crippen molar-refractivity contribution in [2.24, 2.45) is 5.92 Å². The molecule has 0 bridgehead atoms. The largest absolute Gasteiger partial charge is 0.289 e. The highest BCUT2D eigenvalue weighted by atomic mass is 16.1. The van der Waals surface area contributed by atoms with Crippen LogP contribution in [0, 0.1) is 5.92 Å². The van der Waals surface area contributed by atoms with E-state index in [2.05, 4.69) is 32.9 Å². The molecule has 2 aromatic rings. The minimum Gasteiger partial charge on any atom is -0.289 e. The quantitative estimate of drug-likeness (QED) is 0.691. The van der Waals surface area contributed by atoms with Crippen LogP contribution in [0.5, 0.6) is 0 Å². The molecule has 0 aromatic heterocycles. The summed E-state index contributed by atoms with van der Waals surface area (Å²) >= 11 is 0. The lowest BCUT2D eigenvalue weighted by molar-refractivity contribution is 0.103. The minimum atomic E-state index is 0.0914. The summed E-state index contributed by atoms with van der Waals surface area (Å²) in [5.41, 5.74) is 2.82. The number of hydrogen-bond donors (Lipinski definition) is 0. The Morgan fingerprint density at radius 2 is 1.40 bits per heavy atom. The van der Waals surface area contributed by atoms with Gasteiger partial charge in [-0.25, -0.2) is 0 Å². The van der Waals surface area contributed by atoms with Crippen molar-refractivity contribution in [3.63, 3.8) is 0 Å². The molecule has 0 heterocycles. The maximum atomic E-state index is 12.3. The van der Waals surface area contributed by atoms with E-state index in [-0.39, 0.29) is 5.78 Å². The number of hydrogen-bond acceptors (Lipinski definition) is 1. The van der Waals surface area contributed by atoms with Gasteiger partial charge in [-0.3, -0.25) is 4.79 Å². The van der Waals surface area contributed by atoms with E-state index in [1.807, 2.05) is 42.5 Å². The Bertz CT molecular complexity index is 552. The zero-order valence-corrected chi connectivity index (χ0v) is 12.5. The second kappa shape index (κ2) is 6.51. The molecule has 104 valence electrons. The standard InChI is InChI=1S/C19H22O/c1-14(2)13-15(3)16-9-11-18(12-10-16)19(20)17-7-5-4-6-8-17/h4-12,14-15H,13H2,1-3H3. The van der Waals surface area contributed by atoms with E-state index in [9.17, 15) is 4.79 Å². The van der Waals surface area contributed by atoms with Gasteiger partial charge in [0.2, 0.25) is 0 Å². The Balaban J connectivity index is 2.14.